The first-order valence-electron chi connectivity index (χ1n) is 9.22. The van der Waals surface area contributed by atoms with Gasteiger partial charge in [0.1, 0.15) is 0 Å². The van der Waals surface area contributed by atoms with Crippen molar-refractivity contribution in [2.75, 3.05) is 19.0 Å². The lowest BCUT2D eigenvalue weighted by Crippen LogP contribution is -2.39. The molecule has 0 saturated heterocycles. The van der Waals surface area contributed by atoms with E-state index in [1.807, 2.05) is 11.6 Å². The van der Waals surface area contributed by atoms with E-state index in [0.717, 1.165) is 18.9 Å². The first-order chi connectivity index (χ1) is 14.7. The van der Waals surface area contributed by atoms with Crippen LogP contribution in [0.4, 0.5) is 16.2 Å². The third-order valence-electron chi connectivity index (χ3n) is 4.10. The maximum atomic E-state index is 12.4. The molecule has 0 heterocycles. The summed E-state index contributed by atoms with van der Waals surface area (Å²) in [4.78, 5) is 34.3. The number of rotatable bonds is 9. The Balaban J connectivity index is 2.08. The van der Waals surface area contributed by atoms with Gasteiger partial charge in [-0.25, -0.2) is 17.9 Å². The Morgan fingerprint density at radius 2 is 1.81 bits per heavy atom. The van der Waals surface area contributed by atoms with E-state index in [-0.39, 0.29) is 27.6 Å². The molecule has 0 unspecified atom stereocenters. The second kappa shape index (κ2) is 10.4. The number of hydrogen-bond donors (Lipinski definition) is 3. The quantitative estimate of drug-likeness (QED) is 0.301. The highest BCUT2D eigenvalue weighted by atomic mass is 32.2. The zero-order chi connectivity index (χ0) is 23.0. The summed E-state index contributed by atoms with van der Waals surface area (Å²) in [6.07, 6.45) is 1.57. The molecular formula is C19H22N4O7S. The summed E-state index contributed by atoms with van der Waals surface area (Å²) in [6.45, 7) is 2.29. The van der Waals surface area contributed by atoms with Crippen LogP contribution in [-0.4, -0.2) is 38.9 Å². The van der Waals surface area contributed by atoms with Crippen LogP contribution >= 0.6 is 0 Å². The number of sulfonamides is 1. The van der Waals surface area contributed by atoms with Crippen LogP contribution in [0.25, 0.3) is 0 Å². The maximum Gasteiger partial charge on any atom is 0.328 e. The van der Waals surface area contributed by atoms with E-state index in [1.165, 1.54) is 43.5 Å². The van der Waals surface area contributed by atoms with Crippen molar-refractivity contribution in [2.45, 2.75) is 24.7 Å². The fraction of sp³-hybridized carbons (Fsp3) is 0.263. The number of amides is 3. The van der Waals surface area contributed by atoms with Gasteiger partial charge in [-0.05, 0) is 42.8 Å². The topological polar surface area (TPSA) is 157 Å². The van der Waals surface area contributed by atoms with Crippen LogP contribution in [0.1, 0.15) is 30.1 Å². The molecule has 166 valence electrons. The zero-order valence-electron chi connectivity index (χ0n) is 16.9. The molecular weight excluding hydrogens is 428 g/mol. The van der Waals surface area contributed by atoms with Gasteiger partial charge >= 0.3 is 11.7 Å². The maximum absolute atomic E-state index is 12.4. The van der Waals surface area contributed by atoms with Crippen LogP contribution in [0.3, 0.4) is 0 Å². The van der Waals surface area contributed by atoms with Crippen LogP contribution in [0.2, 0.25) is 0 Å². The van der Waals surface area contributed by atoms with E-state index in [4.69, 9.17) is 4.74 Å². The lowest BCUT2D eigenvalue weighted by Gasteiger charge is -2.10. The van der Waals surface area contributed by atoms with Crippen molar-refractivity contribution in [3.05, 3.63) is 58.1 Å². The molecule has 0 saturated carbocycles. The third-order valence-corrected chi connectivity index (χ3v) is 5.45. The molecule has 2 rings (SSSR count). The number of nitro benzene ring substituents is 1. The molecule has 0 bridgehead atoms. The number of ether oxygens (including phenoxy) is 1. The summed E-state index contributed by atoms with van der Waals surface area (Å²) >= 11 is 0. The van der Waals surface area contributed by atoms with Crippen LogP contribution in [0, 0.1) is 10.1 Å². The van der Waals surface area contributed by atoms with Gasteiger partial charge in [-0.2, -0.15) is 0 Å². The number of urea groups is 1. The van der Waals surface area contributed by atoms with Gasteiger partial charge in [0, 0.05) is 23.9 Å². The van der Waals surface area contributed by atoms with Crippen molar-refractivity contribution >= 4 is 33.3 Å². The van der Waals surface area contributed by atoms with Gasteiger partial charge in [-0.3, -0.25) is 14.9 Å². The van der Waals surface area contributed by atoms with Crippen molar-refractivity contribution < 1.29 is 27.7 Å². The molecule has 31 heavy (non-hydrogen) atoms. The van der Waals surface area contributed by atoms with E-state index in [1.54, 1.807) is 0 Å². The highest BCUT2D eigenvalue weighted by molar-refractivity contribution is 7.90. The number of carbonyl (C=O) groups is 2. The van der Waals surface area contributed by atoms with Gasteiger partial charge in [-0.1, -0.05) is 13.3 Å². The summed E-state index contributed by atoms with van der Waals surface area (Å²) in [7, 11) is -2.80. The zero-order valence-corrected chi connectivity index (χ0v) is 17.7. The molecule has 3 N–H and O–H groups in total. The number of nitrogens with zero attached hydrogens (tertiary/aromatic N) is 1. The van der Waals surface area contributed by atoms with E-state index < -0.39 is 26.9 Å². The number of nitrogens with one attached hydrogen (secondary N) is 3. The Hall–Kier alpha value is -3.67. The van der Waals surface area contributed by atoms with Crippen LogP contribution < -0.4 is 20.1 Å². The Kier molecular flexibility index (Phi) is 7.91. The molecule has 11 nitrogen and oxygen atoms in total. The molecule has 0 aliphatic heterocycles. The van der Waals surface area contributed by atoms with Crippen molar-refractivity contribution in [3.8, 4) is 5.75 Å². The van der Waals surface area contributed by atoms with Crippen molar-refractivity contribution in [1.29, 1.82) is 0 Å². The van der Waals surface area contributed by atoms with E-state index in [9.17, 15) is 28.1 Å². The number of methoxy groups -OCH3 is 1. The van der Waals surface area contributed by atoms with Crippen LogP contribution in [0.15, 0.2) is 47.4 Å². The van der Waals surface area contributed by atoms with Gasteiger partial charge in [0.2, 0.25) is 0 Å². The highest BCUT2D eigenvalue weighted by Crippen LogP contribution is 2.28. The largest absolute Gasteiger partial charge is 0.490 e. The van der Waals surface area contributed by atoms with Crippen molar-refractivity contribution in [2.24, 2.45) is 0 Å². The molecule has 0 radical (unpaired) electrons. The molecule has 0 aliphatic rings. The van der Waals surface area contributed by atoms with E-state index in [0.29, 0.717) is 6.54 Å². The summed E-state index contributed by atoms with van der Waals surface area (Å²) in [5.74, 6) is -0.614. The number of hydrogen-bond acceptors (Lipinski definition) is 7. The van der Waals surface area contributed by atoms with Crippen molar-refractivity contribution in [3.63, 3.8) is 0 Å². The molecule has 2 aromatic carbocycles. The Morgan fingerprint density at radius 1 is 1.13 bits per heavy atom. The van der Waals surface area contributed by atoms with Gasteiger partial charge in [0.05, 0.1) is 16.9 Å². The SMILES string of the molecule is CCCCNC(=O)NS(=O)(=O)c1ccc(NC(=O)c2ccc(OC)c([N+](=O)[O-])c2)cc1. The first-order valence-corrected chi connectivity index (χ1v) is 10.7. The minimum atomic E-state index is -4.08. The van der Waals surface area contributed by atoms with E-state index in [2.05, 4.69) is 10.6 Å². The predicted octanol–water partition coefficient (Wildman–Crippen LogP) is 2.64. The smallest absolute Gasteiger partial charge is 0.328 e. The number of unbranched alkanes of at least 4 members (excludes halogenated alkanes) is 1. The summed E-state index contributed by atoms with van der Waals surface area (Å²) in [5.41, 5.74) is -0.0793. The Labute approximate surface area is 179 Å². The predicted molar refractivity (Wildman–Crippen MR) is 113 cm³/mol. The molecule has 0 fully saturated rings. The molecule has 0 spiro atoms. The molecule has 2 aromatic rings. The van der Waals surface area contributed by atoms with Crippen LogP contribution in [-0.2, 0) is 10.0 Å². The first kappa shape index (κ1) is 23.6. The fourth-order valence-electron chi connectivity index (χ4n) is 2.49. The second-order valence-corrected chi connectivity index (χ2v) is 8.02. The standard InChI is InChI=1S/C19H22N4O7S/c1-3-4-11-20-19(25)22-31(28,29)15-8-6-14(7-9-15)21-18(24)13-5-10-17(30-2)16(12-13)23(26)27/h5-10,12H,3-4,11H2,1-2H3,(H,21,24)(H2,20,22,25). The van der Waals surface area contributed by atoms with Gasteiger partial charge < -0.3 is 15.4 Å². The Morgan fingerprint density at radius 3 is 2.39 bits per heavy atom. The van der Waals surface area contributed by atoms with Crippen LogP contribution in [0.5, 0.6) is 5.75 Å². The number of carbonyl (C=O) groups excluding carboxylic acids is 2. The Bertz CT molecular complexity index is 1070. The number of benzene rings is 2. The lowest BCUT2D eigenvalue weighted by atomic mass is 10.1. The average Bonchev–Trinajstić information content (AvgIpc) is 2.73. The summed E-state index contributed by atoms with van der Waals surface area (Å²) in [5, 5.41) is 16.1. The lowest BCUT2D eigenvalue weighted by molar-refractivity contribution is -0.385. The number of anilines is 1. The normalized spacial score (nSPS) is 10.8. The monoisotopic (exact) mass is 450 g/mol. The van der Waals surface area contributed by atoms with E-state index >= 15 is 0 Å². The molecule has 0 atom stereocenters. The summed E-state index contributed by atoms with van der Waals surface area (Å²) in [6, 6.07) is 8.02. The minimum Gasteiger partial charge on any atom is -0.490 e. The minimum absolute atomic E-state index is 0.0161. The van der Waals surface area contributed by atoms with Gasteiger partial charge in [-0.15, -0.1) is 0 Å². The second-order valence-electron chi connectivity index (χ2n) is 6.34. The van der Waals surface area contributed by atoms with Crippen molar-refractivity contribution in [1.82, 2.24) is 10.0 Å². The molecule has 12 heteroatoms. The fourth-order valence-corrected chi connectivity index (χ4v) is 3.42. The van der Waals surface area contributed by atoms with Gasteiger partial charge in [0.15, 0.2) is 5.75 Å². The average molecular weight is 450 g/mol. The summed E-state index contributed by atoms with van der Waals surface area (Å²) < 4.78 is 31.3. The third kappa shape index (κ3) is 6.40. The number of nitro groups is 1. The highest BCUT2D eigenvalue weighted by Gasteiger charge is 2.19. The molecule has 0 aromatic heterocycles. The van der Waals surface area contributed by atoms with Gasteiger partial charge in [0.25, 0.3) is 15.9 Å². The molecule has 3 amide bonds. The molecule has 0 aliphatic carbocycles.